The highest BCUT2D eigenvalue weighted by molar-refractivity contribution is 5.72. The molecule has 2 saturated heterocycles. The van der Waals surface area contributed by atoms with E-state index in [0.717, 1.165) is 32.1 Å². The van der Waals surface area contributed by atoms with Crippen LogP contribution in [-0.4, -0.2) is 23.8 Å². The minimum atomic E-state index is -0.391. The van der Waals surface area contributed by atoms with E-state index < -0.39 is 5.60 Å². The van der Waals surface area contributed by atoms with E-state index in [9.17, 15) is 4.79 Å². The van der Waals surface area contributed by atoms with E-state index in [1.807, 2.05) is 0 Å². The maximum Gasteiger partial charge on any atom is 0.309 e. The predicted octanol–water partition coefficient (Wildman–Crippen LogP) is 3.70. The number of esters is 1. The SMILES string of the molecule is CCCC(CC)C(=O)OC(C)(C)C1CC2CCC1O2. The number of ether oxygens (including phenoxy) is 2. The molecule has 19 heavy (non-hydrogen) atoms. The minimum Gasteiger partial charge on any atom is -0.459 e. The molecule has 0 spiro atoms. The number of fused-ring (bicyclic) bond motifs is 2. The van der Waals surface area contributed by atoms with Crippen LogP contribution < -0.4 is 0 Å². The van der Waals surface area contributed by atoms with E-state index in [2.05, 4.69) is 27.7 Å². The Balaban J connectivity index is 1.94. The van der Waals surface area contributed by atoms with Gasteiger partial charge in [-0.05, 0) is 46.0 Å². The second-order valence-corrected chi connectivity index (χ2v) is 6.63. The molecule has 0 saturated carbocycles. The van der Waals surface area contributed by atoms with Crippen LogP contribution in [0.3, 0.4) is 0 Å². The van der Waals surface area contributed by atoms with Crippen molar-refractivity contribution in [1.82, 2.24) is 0 Å². The molecular formula is C16H28O3. The van der Waals surface area contributed by atoms with Crippen molar-refractivity contribution < 1.29 is 14.3 Å². The molecular weight excluding hydrogens is 240 g/mol. The van der Waals surface area contributed by atoms with Gasteiger partial charge in [0, 0.05) is 5.92 Å². The van der Waals surface area contributed by atoms with Crippen molar-refractivity contribution >= 4 is 5.97 Å². The van der Waals surface area contributed by atoms with Crippen molar-refractivity contribution in [1.29, 1.82) is 0 Å². The predicted molar refractivity (Wildman–Crippen MR) is 74.9 cm³/mol. The van der Waals surface area contributed by atoms with E-state index >= 15 is 0 Å². The highest BCUT2D eigenvalue weighted by Gasteiger charge is 2.49. The van der Waals surface area contributed by atoms with Crippen LogP contribution in [0.2, 0.25) is 0 Å². The molecule has 0 aliphatic carbocycles. The standard InChI is InChI=1S/C16H28O3/c1-5-7-11(6-2)15(17)19-16(3,4)13-10-12-8-9-14(13)18-12/h11-14H,5-10H2,1-4H3. The van der Waals surface area contributed by atoms with Crippen LogP contribution >= 0.6 is 0 Å². The number of carbonyl (C=O) groups is 1. The first-order chi connectivity index (χ1) is 8.97. The zero-order valence-corrected chi connectivity index (χ0v) is 12.8. The van der Waals surface area contributed by atoms with E-state index in [-0.39, 0.29) is 11.9 Å². The fourth-order valence-corrected chi connectivity index (χ4v) is 3.62. The summed E-state index contributed by atoms with van der Waals surface area (Å²) in [6.07, 6.45) is 6.90. The Morgan fingerprint density at radius 1 is 1.37 bits per heavy atom. The van der Waals surface area contributed by atoms with Gasteiger partial charge in [0.05, 0.1) is 18.1 Å². The van der Waals surface area contributed by atoms with E-state index in [4.69, 9.17) is 9.47 Å². The third-order valence-electron chi connectivity index (χ3n) is 4.83. The highest BCUT2D eigenvalue weighted by Crippen LogP contribution is 2.45. The Kier molecular flexibility index (Phi) is 4.54. The van der Waals surface area contributed by atoms with E-state index in [1.54, 1.807) is 0 Å². The number of hydrogen-bond donors (Lipinski definition) is 0. The molecule has 2 aliphatic heterocycles. The molecule has 0 aromatic rings. The topological polar surface area (TPSA) is 35.5 Å². The van der Waals surface area contributed by atoms with Crippen LogP contribution in [-0.2, 0) is 14.3 Å². The fraction of sp³-hybridized carbons (Fsp3) is 0.938. The van der Waals surface area contributed by atoms with Gasteiger partial charge in [0.25, 0.3) is 0 Å². The third kappa shape index (κ3) is 3.13. The summed E-state index contributed by atoms with van der Waals surface area (Å²) in [5.41, 5.74) is -0.391. The zero-order valence-electron chi connectivity index (χ0n) is 12.8. The molecule has 0 aromatic carbocycles. The lowest BCUT2D eigenvalue weighted by Crippen LogP contribution is -2.43. The van der Waals surface area contributed by atoms with Crippen LogP contribution in [0.25, 0.3) is 0 Å². The summed E-state index contributed by atoms with van der Waals surface area (Å²) in [5.74, 6) is 0.412. The summed E-state index contributed by atoms with van der Waals surface area (Å²) >= 11 is 0. The molecule has 4 atom stereocenters. The molecule has 2 aliphatic rings. The van der Waals surface area contributed by atoms with Crippen molar-refractivity contribution in [2.75, 3.05) is 0 Å². The van der Waals surface area contributed by atoms with Gasteiger partial charge in [-0.1, -0.05) is 20.3 Å². The number of hydrogen-bond acceptors (Lipinski definition) is 3. The normalized spacial score (nSPS) is 31.5. The van der Waals surface area contributed by atoms with Crippen molar-refractivity contribution in [3.63, 3.8) is 0 Å². The highest BCUT2D eigenvalue weighted by atomic mass is 16.6. The molecule has 0 aromatic heterocycles. The first-order valence-corrected chi connectivity index (χ1v) is 7.86. The second-order valence-electron chi connectivity index (χ2n) is 6.63. The van der Waals surface area contributed by atoms with Gasteiger partial charge in [0.2, 0.25) is 0 Å². The van der Waals surface area contributed by atoms with Crippen LogP contribution in [0.4, 0.5) is 0 Å². The van der Waals surface area contributed by atoms with E-state index in [0.29, 0.717) is 18.1 Å². The summed E-state index contributed by atoms with van der Waals surface area (Å²) in [4.78, 5) is 12.3. The summed E-state index contributed by atoms with van der Waals surface area (Å²) < 4.78 is 11.8. The average molecular weight is 268 g/mol. The van der Waals surface area contributed by atoms with Crippen LogP contribution in [0, 0.1) is 11.8 Å². The molecule has 0 N–H and O–H groups in total. The lowest BCUT2D eigenvalue weighted by Gasteiger charge is -2.36. The maximum absolute atomic E-state index is 12.3. The lowest BCUT2D eigenvalue weighted by atomic mass is 9.78. The van der Waals surface area contributed by atoms with Gasteiger partial charge in [-0.2, -0.15) is 0 Å². The van der Waals surface area contributed by atoms with Crippen LogP contribution in [0.1, 0.15) is 66.2 Å². The van der Waals surface area contributed by atoms with Crippen molar-refractivity contribution in [2.24, 2.45) is 11.8 Å². The second kappa shape index (κ2) is 5.82. The van der Waals surface area contributed by atoms with Gasteiger partial charge < -0.3 is 9.47 Å². The zero-order chi connectivity index (χ0) is 14.0. The molecule has 4 unspecified atom stereocenters. The first-order valence-electron chi connectivity index (χ1n) is 7.86. The van der Waals surface area contributed by atoms with Gasteiger partial charge in [-0.25, -0.2) is 0 Å². The lowest BCUT2D eigenvalue weighted by molar-refractivity contribution is -0.169. The van der Waals surface area contributed by atoms with Crippen molar-refractivity contribution in [3.05, 3.63) is 0 Å². The Hall–Kier alpha value is -0.570. The van der Waals surface area contributed by atoms with Crippen molar-refractivity contribution in [2.45, 2.75) is 84.0 Å². The summed E-state index contributed by atoms with van der Waals surface area (Å²) in [6.45, 7) is 8.29. The van der Waals surface area contributed by atoms with Gasteiger partial charge in [-0.3, -0.25) is 4.79 Å². The number of rotatable bonds is 6. The largest absolute Gasteiger partial charge is 0.459 e. The summed E-state index contributed by atoms with van der Waals surface area (Å²) in [6, 6.07) is 0. The van der Waals surface area contributed by atoms with Gasteiger partial charge in [0.15, 0.2) is 0 Å². The van der Waals surface area contributed by atoms with Gasteiger partial charge >= 0.3 is 5.97 Å². The van der Waals surface area contributed by atoms with Gasteiger partial charge in [-0.15, -0.1) is 0 Å². The maximum atomic E-state index is 12.3. The Morgan fingerprint density at radius 3 is 2.58 bits per heavy atom. The number of carbonyl (C=O) groups excluding carboxylic acids is 1. The quantitative estimate of drug-likeness (QED) is 0.689. The minimum absolute atomic E-state index is 0.0166. The third-order valence-corrected chi connectivity index (χ3v) is 4.83. The molecule has 110 valence electrons. The van der Waals surface area contributed by atoms with Crippen LogP contribution in [0.15, 0.2) is 0 Å². The van der Waals surface area contributed by atoms with Crippen molar-refractivity contribution in [3.8, 4) is 0 Å². The Labute approximate surface area is 117 Å². The Morgan fingerprint density at radius 2 is 2.11 bits per heavy atom. The Bertz CT molecular complexity index is 324. The molecule has 2 bridgehead atoms. The fourth-order valence-electron chi connectivity index (χ4n) is 3.62. The summed E-state index contributed by atoms with van der Waals surface area (Å²) in [5, 5.41) is 0. The first kappa shape index (κ1) is 14.8. The average Bonchev–Trinajstić information content (AvgIpc) is 2.97. The molecule has 0 amide bonds. The molecule has 0 radical (unpaired) electrons. The van der Waals surface area contributed by atoms with E-state index in [1.165, 1.54) is 6.42 Å². The molecule has 2 heterocycles. The van der Waals surface area contributed by atoms with Gasteiger partial charge in [0.1, 0.15) is 5.60 Å². The smallest absolute Gasteiger partial charge is 0.309 e. The molecule has 3 heteroatoms. The van der Waals surface area contributed by atoms with Crippen LogP contribution in [0.5, 0.6) is 0 Å². The monoisotopic (exact) mass is 268 g/mol. The molecule has 2 rings (SSSR count). The molecule has 3 nitrogen and oxygen atoms in total. The summed E-state index contributed by atoms with van der Waals surface area (Å²) in [7, 11) is 0. The molecule has 2 fully saturated rings.